The smallest absolute Gasteiger partial charge is 0.134 e. The number of carbonyl (C=O) groups is 1. The van der Waals surface area contributed by atoms with E-state index in [4.69, 9.17) is 9.52 Å². The molecule has 3 heteroatoms. The first-order chi connectivity index (χ1) is 7.35. The highest BCUT2D eigenvalue weighted by molar-refractivity contribution is 5.77. The van der Waals surface area contributed by atoms with Crippen LogP contribution in [0.3, 0.4) is 0 Å². The van der Waals surface area contributed by atoms with E-state index in [1.165, 1.54) is 0 Å². The molecular formula is C12H12O3. The van der Waals surface area contributed by atoms with Gasteiger partial charge < -0.3 is 14.3 Å². The van der Waals surface area contributed by atoms with Crippen molar-refractivity contribution in [2.24, 2.45) is 0 Å². The van der Waals surface area contributed by atoms with Crippen molar-refractivity contribution >= 4 is 17.3 Å². The molecule has 0 saturated heterocycles. The van der Waals surface area contributed by atoms with Gasteiger partial charge in [-0.2, -0.15) is 0 Å². The topological polar surface area (TPSA) is 50.4 Å². The Morgan fingerprint density at radius 2 is 2.20 bits per heavy atom. The number of hydrogen-bond donors (Lipinski definition) is 1. The normalized spacial score (nSPS) is 12.9. The molecule has 0 bridgehead atoms. The van der Waals surface area contributed by atoms with Crippen LogP contribution in [0.15, 0.2) is 34.7 Å². The van der Waals surface area contributed by atoms with Gasteiger partial charge in [0.05, 0.1) is 6.61 Å². The number of furan rings is 1. The largest absolute Gasteiger partial charge is 0.461 e. The van der Waals surface area contributed by atoms with E-state index in [0.29, 0.717) is 5.76 Å². The molecule has 78 valence electrons. The first-order valence-electron chi connectivity index (χ1n) is 4.88. The summed E-state index contributed by atoms with van der Waals surface area (Å²) in [6.07, 6.45) is 1.09. The van der Waals surface area contributed by atoms with Gasteiger partial charge in [-0.15, -0.1) is 0 Å². The molecule has 0 spiro atoms. The minimum atomic E-state index is -0.227. The van der Waals surface area contributed by atoms with Crippen LogP contribution in [0.2, 0.25) is 0 Å². The SMILES string of the molecule is O=CCC(CO)c1cc2ccccc2o1. The molecular weight excluding hydrogens is 192 g/mol. The number of benzene rings is 1. The molecule has 0 fully saturated rings. The quantitative estimate of drug-likeness (QED) is 0.776. The second-order valence-electron chi connectivity index (χ2n) is 3.47. The fourth-order valence-electron chi connectivity index (χ4n) is 1.60. The van der Waals surface area contributed by atoms with Crippen LogP contribution in [-0.2, 0) is 4.79 Å². The molecule has 1 N–H and O–H groups in total. The molecule has 0 aliphatic heterocycles. The fourth-order valence-corrected chi connectivity index (χ4v) is 1.60. The number of aliphatic hydroxyl groups excluding tert-OH is 1. The summed E-state index contributed by atoms with van der Waals surface area (Å²) < 4.78 is 5.55. The molecule has 1 aromatic carbocycles. The van der Waals surface area contributed by atoms with Gasteiger partial charge in [0.1, 0.15) is 17.6 Å². The van der Waals surface area contributed by atoms with Crippen molar-refractivity contribution in [2.75, 3.05) is 6.61 Å². The van der Waals surface area contributed by atoms with E-state index in [2.05, 4.69) is 0 Å². The predicted octanol–water partition coefficient (Wildman–Crippen LogP) is 2.10. The molecule has 1 atom stereocenters. The number of rotatable bonds is 4. The molecule has 1 aromatic heterocycles. The zero-order valence-electron chi connectivity index (χ0n) is 8.22. The molecule has 2 aromatic rings. The average molecular weight is 204 g/mol. The molecule has 1 unspecified atom stereocenters. The molecule has 0 aliphatic carbocycles. The van der Waals surface area contributed by atoms with Crippen LogP contribution < -0.4 is 0 Å². The van der Waals surface area contributed by atoms with Crippen LogP contribution >= 0.6 is 0 Å². The lowest BCUT2D eigenvalue weighted by Gasteiger charge is -2.05. The van der Waals surface area contributed by atoms with Gasteiger partial charge in [-0.05, 0) is 12.1 Å². The van der Waals surface area contributed by atoms with Crippen molar-refractivity contribution < 1.29 is 14.3 Å². The summed E-state index contributed by atoms with van der Waals surface area (Å²) >= 11 is 0. The lowest BCUT2D eigenvalue weighted by Crippen LogP contribution is -2.03. The third kappa shape index (κ3) is 1.92. The third-order valence-electron chi connectivity index (χ3n) is 2.45. The highest BCUT2D eigenvalue weighted by atomic mass is 16.3. The Balaban J connectivity index is 2.38. The zero-order valence-corrected chi connectivity index (χ0v) is 8.22. The number of fused-ring (bicyclic) bond motifs is 1. The lowest BCUT2D eigenvalue weighted by molar-refractivity contribution is -0.108. The summed E-state index contributed by atoms with van der Waals surface area (Å²) in [5.74, 6) is 0.445. The number of para-hydroxylation sites is 1. The Kier molecular flexibility index (Phi) is 2.83. The predicted molar refractivity (Wildman–Crippen MR) is 56.7 cm³/mol. The Morgan fingerprint density at radius 3 is 2.87 bits per heavy atom. The summed E-state index contributed by atoms with van der Waals surface area (Å²) in [5.41, 5.74) is 0.789. The van der Waals surface area contributed by atoms with Crippen LogP contribution in [-0.4, -0.2) is 18.0 Å². The minimum Gasteiger partial charge on any atom is -0.461 e. The van der Waals surface area contributed by atoms with Gasteiger partial charge in [-0.3, -0.25) is 0 Å². The molecule has 0 aliphatic rings. The van der Waals surface area contributed by atoms with E-state index >= 15 is 0 Å². The van der Waals surface area contributed by atoms with Crippen molar-refractivity contribution in [3.8, 4) is 0 Å². The monoisotopic (exact) mass is 204 g/mol. The third-order valence-corrected chi connectivity index (χ3v) is 2.45. The van der Waals surface area contributed by atoms with E-state index in [0.717, 1.165) is 17.3 Å². The second kappa shape index (κ2) is 4.28. The first-order valence-corrected chi connectivity index (χ1v) is 4.88. The average Bonchev–Trinajstić information content (AvgIpc) is 2.69. The summed E-state index contributed by atoms with van der Waals surface area (Å²) in [6.45, 7) is -0.0709. The maximum Gasteiger partial charge on any atom is 0.134 e. The lowest BCUT2D eigenvalue weighted by atomic mass is 10.0. The Hall–Kier alpha value is -1.61. The van der Waals surface area contributed by atoms with E-state index < -0.39 is 0 Å². The van der Waals surface area contributed by atoms with Crippen LogP contribution in [0.1, 0.15) is 18.1 Å². The van der Waals surface area contributed by atoms with Gasteiger partial charge >= 0.3 is 0 Å². The van der Waals surface area contributed by atoms with Gasteiger partial charge in [0.15, 0.2) is 0 Å². The Morgan fingerprint density at radius 1 is 1.40 bits per heavy atom. The van der Waals surface area contributed by atoms with Gasteiger partial charge in [0, 0.05) is 17.7 Å². The number of hydrogen-bond acceptors (Lipinski definition) is 3. The van der Waals surface area contributed by atoms with Gasteiger partial charge in [-0.1, -0.05) is 18.2 Å². The fraction of sp³-hybridized carbons (Fsp3) is 0.250. The summed E-state index contributed by atoms with van der Waals surface area (Å²) in [6, 6.07) is 9.50. The van der Waals surface area contributed by atoms with E-state index in [1.807, 2.05) is 30.3 Å². The molecule has 1 heterocycles. The summed E-state index contributed by atoms with van der Waals surface area (Å²) in [7, 11) is 0. The molecule has 0 radical (unpaired) electrons. The second-order valence-corrected chi connectivity index (χ2v) is 3.47. The summed E-state index contributed by atoms with van der Waals surface area (Å²) in [4.78, 5) is 10.4. The molecule has 2 rings (SSSR count). The van der Waals surface area contributed by atoms with E-state index in [1.54, 1.807) is 0 Å². The maximum atomic E-state index is 10.4. The standard InChI is InChI=1S/C12H12O3/c13-6-5-10(8-14)12-7-9-3-1-2-4-11(9)15-12/h1-4,6-7,10,14H,5,8H2. The Labute approximate surface area is 87.3 Å². The number of aldehydes is 1. The minimum absolute atomic E-state index is 0.0709. The van der Waals surface area contributed by atoms with Gasteiger partial charge in [0.25, 0.3) is 0 Å². The van der Waals surface area contributed by atoms with Crippen LogP contribution in [0.4, 0.5) is 0 Å². The van der Waals surface area contributed by atoms with Crippen molar-refractivity contribution in [3.63, 3.8) is 0 Å². The summed E-state index contributed by atoms with van der Waals surface area (Å²) in [5, 5.41) is 10.1. The Bertz CT molecular complexity index is 426. The number of carbonyl (C=O) groups excluding carboxylic acids is 1. The molecule has 15 heavy (non-hydrogen) atoms. The van der Waals surface area contributed by atoms with Crippen molar-refractivity contribution in [3.05, 3.63) is 36.1 Å². The van der Waals surface area contributed by atoms with E-state index in [9.17, 15) is 4.79 Å². The van der Waals surface area contributed by atoms with Crippen LogP contribution in [0, 0.1) is 0 Å². The molecule has 3 nitrogen and oxygen atoms in total. The maximum absolute atomic E-state index is 10.4. The zero-order chi connectivity index (χ0) is 10.7. The highest BCUT2D eigenvalue weighted by Crippen LogP contribution is 2.26. The molecule has 0 saturated carbocycles. The number of aliphatic hydroxyl groups is 1. The van der Waals surface area contributed by atoms with Crippen molar-refractivity contribution in [2.45, 2.75) is 12.3 Å². The first kappa shape index (κ1) is 9.93. The highest BCUT2D eigenvalue weighted by Gasteiger charge is 2.14. The van der Waals surface area contributed by atoms with E-state index in [-0.39, 0.29) is 18.9 Å². The van der Waals surface area contributed by atoms with Gasteiger partial charge in [0.2, 0.25) is 0 Å². The van der Waals surface area contributed by atoms with Crippen molar-refractivity contribution in [1.82, 2.24) is 0 Å². The van der Waals surface area contributed by atoms with Crippen LogP contribution in [0.5, 0.6) is 0 Å². The molecule has 0 amide bonds. The van der Waals surface area contributed by atoms with Gasteiger partial charge in [-0.25, -0.2) is 0 Å². The van der Waals surface area contributed by atoms with Crippen molar-refractivity contribution in [1.29, 1.82) is 0 Å². The van der Waals surface area contributed by atoms with Crippen LogP contribution in [0.25, 0.3) is 11.0 Å².